The van der Waals surface area contributed by atoms with Crippen molar-refractivity contribution in [1.82, 2.24) is 9.88 Å². The topological polar surface area (TPSA) is 45.7 Å². The smallest absolute Gasteiger partial charge is 0.260 e. The summed E-state index contributed by atoms with van der Waals surface area (Å²) in [7, 11) is 5.73. The number of hydrogen-bond donors (Lipinski definition) is 0. The van der Waals surface area contributed by atoms with Gasteiger partial charge in [-0.25, -0.2) is 4.98 Å². The lowest BCUT2D eigenvalue weighted by Crippen LogP contribution is -2.33. The number of thiazole rings is 1. The number of thioether (sulfide) groups is 1. The average molecular weight is 416 g/mol. The Labute approximate surface area is 174 Å². The Hall–Kier alpha value is -2.09. The lowest BCUT2D eigenvalue weighted by atomic mass is 10.2. The molecule has 0 spiro atoms. The van der Waals surface area contributed by atoms with Crippen LogP contribution < -0.4 is 9.64 Å². The molecule has 0 bridgehead atoms. The van der Waals surface area contributed by atoms with E-state index in [1.807, 2.05) is 62.8 Å². The van der Waals surface area contributed by atoms with Gasteiger partial charge in [-0.05, 0) is 69.7 Å². The molecule has 0 aliphatic rings. The molecule has 0 fully saturated rings. The van der Waals surface area contributed by atoms with Crippen LogP contribution in [0.25, 0.3) is 10.2 Å². The fraction of sp³-hybridized carbons (Fsp3) is 0.333. The zero-order valence-corrected chi connectivity index (χ0v) is 18.3. The highest BCUT2D eigenvalue weighted by Crippen LogP contribution is 2.32. The van der Waals surface area contributed by atoms with Gasteiger partial charge >= 0.3 is 0 Å². The first-order valence-electron chi connectivity index (χ1n) is 9.07. The zero-order chi connectivity index (χ0) is 20.1. The van der Waals surface area contributed by atoms with E-state index in [-0.39, 0.29) is 5.91 Å². The summed E-state index contributed by atoms with van der Waals surface area (Å²) in [6, 6.07) is 13.6. The lowest BCUT2D eigenvalue weighted by Gasteiger charge is -2.21. The minimum atomic E-state index is -0.0133. The number of nitrogens with zero attached hydrogens (tertiary/aromatic N) is 3. The number of aromatic nitrogens is 1. The molecule has 2 aromatic carbocycles. The second-order valence-corrected chi connectivity index (χ2v) is 8.56. The van der Waals surface area contributed by atoms with Crippen LogP contribution in [0.2, 0.25) is 0 Å². The summed E-state index contributed by atoms with van der Waals surface area (Å²) < 4.78 is 6.33. The number of ether oxygens (including phenoxy) is 1. The Bertz CT molecular complexity index is 956. The molecule has 3 rings (SSSR count). The number of carbonyl (C=O) groups is 1. The number of anilines is 1. The van der Waals surface area contributed by atoms with E-state index in [0.717, 1.165) is 39.0 Å². The highest BCUT2D eigenvalue weighted by Gasteiger charge is 2.21. The molecule has 1 heterocycles. The van der Waals surface area contributed by atoms with Gasteiger partial charge in [0, 0.05) is 17.0 Å². The van der Waals surface area contributed by atoms with E-state index in [4.69, 9.17) is 9.72 Å². The molecule has 0 N–H and O–H groups in total. The minimum Gasteiger partial charge on any atom is -0.497 e. The highest BCUT2D eigenvalue weighted by molar-refractivity contribution is 7.98. The van der Waals surface area contributed by atoms with Crippen LogP contribution in [0.15, 0.2) is 47.4 Å². The van der Waals surface area contributed by atoms with E-state index in [0.29, 0.717) is 12.1 Å². The fourth-order valence-corrected chi connectivity index (χ4v) is 4.35. The molecule has 0 atom stereocenters. The second kappa shape index (κ2) is 9.41. The van der Waals surface area contributed by atoms with E-state index in [9.17, 15) is 4.79 Å². The molecule has 0 aliphatic heterocycles. The van der Waals surface area contributed by atoms with Crippen LogP contribution in [0.3, 0.4) is 0 Å². The van der Waals surface area contributed by atoms with Crippen molar-refractivity contribution in [2.75, 3.05) is 45.5 Å². The van der Waals surface area contributed by atoms with E-state index in [2.05, 4.69) is 4.90 Å². The maximum absolute atomic E-state index is 13.3. The van der Waals surface area contributed by atoms with E-state index in [1.165, 1.54) is 11.3 Å². The summed E-state index contributed by atoms with van der Waals surface area (Å²) in [6.07, 6.45) is 2.89. The van der Waals surface area contributed by atoms with Crippen LogP contribution in [-0.2, 0) is 0 Å². The molecule has 28 heavy (non-hydrogen) atoms. The molecule has 0 saturated heterocycles. The summed E-state index contributed by atoms with van der Waals surface area (Å²) in [6.45, 7) is 1.53. The Morgan fingerprint density at radius 2 is 2.00 bits per heavy atom. The monoisotopic (exact) mass is 415 g/mol. The number of amides is 1. The molecule has 7 heteroatoms. The number of carbonyl (C=O) groups excluding carboxylic acids is 1. The Balaban J connectivity index is 1.94. The van der Waals surface area contributed by atoms with Crippen LogP contribution in [0.1, 0.15) is 16.8 Å². The number of benzene rings is 2. The molecular weight excluding hydrogens is 390 g/mol. The van der Waals surface area contributed by atoms with Crippen LogP contribution in [0.5, 0.6) is 5.75 Å². The van der Waals surface area contributed by atoms with Gasteiger partial charge in [0.05, 0.1) is 17.3 Å². The van der Waals surface area contributed by atoms with Gasteiger partial charge in [0.1, 0.15) is 5.75 Å². The molecule has 148 valence electrons. The van der Waals surface area contributed by atoms with E-state index in [1.54, 1.807) is 23.8 Å². The van der Waals surface area contributed by atoms with Crippen molar-refractivity contribution in [3.05, 3.63) is 48.0 Å². The maximum atomic E-state index is 13.3. The van der Waals surface area contributed by atoms with Crippen molar-refractivity contribution in [3.8, 4) is 5.75 Å². The first-order chi connectivity index (χ1) is 13.5. The normalized spacial score (nSPS) is 11.2. The Morgan fingerprint density at radius 1 is 1.18 bits per heavy atom. The molecule has 0 saturated carbocycles. The second-order valence-electron chi connectivity index (χ2n) is 6.68. The van der Waals surface area contributed by atoms with Crippen LogP contribution >= 0.6 is 23.1 Å². The number of fused-ring (bicyclic) bond motifs is 1. The van der Waals surface area contributed by atoms with Crippen LogP contribution in [0.4, 0.5) is 5.13 Å². The van der Waals surface area contributed by atoms with Crippen molar-refractivity contribution >= 4 is 44.4 Å². The highest BCUT2D eigenvalue weighted by atomic mass is 32.2. The SMILES string of the molecule is COc1ccc2nc(N(CCCN(C)C)C(=O)c3cccc(SC)c3)sc2c1. The number of hydrogen-bond acceptors (Lipinski definition) is 6. The van der Waals surface area contributed by atoms with Crippen LogP contribution in [-0.4, -0.2) is 56.3 Å². The van der Waals surface area contributed by atoms with E-state index < -0.39 is 0 Å². The average Bonchev–Trinajstić information content (AvgIpc) is 3.13. The summed E-state index contributed by atoms with van der Waals surface area (Å²) in [5.74, 6) is 0.779. The molecule has 0 unspecified atom stereocenters. The number of methoxy groups -OCH3 is 1. The van der Waals surface area contributed by atoms with Gasteiger partial charge in [-0.15, -0.1) is 11.8 Å². The van der Waals surface area contributed by atoms with Gasteiger partial charge in [-0.1, -0.05) is 17.4 Å². The third-order valence-electron chi connectivity index (χ3n) is 4.36. The Kier molecular flexibility index (Phi) is 6.93. The molecule has 1 amide bonds. The lowest BCUT2D eigenvalue weighted by molar-refractivity contribution is 0.0986. The van der Waals surface area contributed by atoms with Gasteiger partial charge in [-0.2, -0.15) is 0 Å². The molecule has 0 radical (unpaired) electrons. The minimum absolute atomic E-state index is 0.0133. The van der Waals surface area contributed by atoms with Crippen LogP contribution in [0, 0.1) is 0 Å². The Morgan fingerprint density at radius 3 is 2.71 bits per heavy atom. The van der Waals surface area contributed by atoms with E-state index >= 15 is 0 Å². The first-order valence-corrected chi connectivity index (χ1v) is 11.1. The predicted octanol–water partition coefficient (Wildman–Crippen LogP) is 4.63. The zero-order valence-electron chi connectivity index (χ0n) is 16.6. The summed E-state index contributed by atoms with van der Waals surface area (Å²) in [4.78, 5) is 23.1. The van der Waals surface area contributed by atoms with Gasteiger partial charge in [0.25, 0.3) is 5.91 Å². The van der Waals surface area contributed by atoms with Crippen molar-refractivity contribution in [3.63, 3.8) is 0 Å². The third kappa shape index (κ3) is 4.84. The van der Waals surface area contributed by atoms with Crippen molar-refractivity contribution in [2.24, 2.45) is 0 Å². The molecule has 3 aromatic rings. The third-order valence-corrected chi connectivity index (χ3v) is 6.13. The summed E-state index contributed by atoms with van der Waals surface area (Å²) in [5, 5.41) is 0.724. The van der Waals surface area contributed by atoms with Crippen molar-refractivity contribution < 1.29 is 9.53 Å². The molecule has 0 aliphatic carbocycles. The van der Waals surface area contributed by atoms with Gasteiger partial charge < -0.3 is 9.64 Å². The standard InChI is InChI=1S/C21H25N3O2S2/c1-23(2)11-6-12-24(20(25)15-7-5-8-17(13-15)27-4)21-22-18-10-9-16(26-3)14-19(18)28-21/h5,7-10,13-14H,6,11-12H2,1-4H3. The fourth-order valence-electron chi connectivity index (χ4n) is 2.88. The molecule has 1 aromatic heterocycles. The van der Waals surface area contributed by atoms with Gasteiger partial charge in [-0.3, -0.25) is 9.69 Å². The molecular formula is C21H25N3O2S2. The maximum Gasteiger partial charge on any atom is 0.260 e. The van der Waals surface area contributed by atoms with Gasteiger partial charge in [0.15, 0.2) is 5.13 Å². The largest absolute Gasteiger partial charge is 0.497 e. The number of rotatable bonds is 8. The summed E-state index contributed by atoms with van der Waals surface area (Å²) in [5.41, 5.74) is 1.57. The van der Waals surface area contributed by atoms with Gasteiger partial charge in [0.2, 0.25) is 0 Å². The van der Waals surface area contributed by atoms with Crippen molar-refractivity contribution in [2.45, 2.75) is 11.3 Å². The first kappa shape index (κ1) is 20.6. The molecule has 5 nitrogen and oxygen atoms in total. The summed E-state index contributed by atoms with van der Waals surface area (Å²) >= 11 is 3.16. The quantitative estimate of drug-likeness (QED) is 0.502. The predicted molar refractivity (Wildman–Crippen MR) is 119 cm³/mol. The van der Waals surface area contributed by atoms with Crippen molar-refractivity contribution in [1.29, 1.82) is 0 Å².